The Balaban J connectivity index is 1.45. The van der Waals surface area contributed by atoms with Crippen molar-refractivity contribution in [2.75, 3.05) is 12.4 Å². The largest absolute Gasteiger partial charge is 0.497 e. The minimum absolute atomic E-state index is 0.0598. The van der Waals surface area contributed by atoms with Gasteiger partial charge in [0.15, 0.2) is 0 Å². The lowest BCUT2D eigenvalue weighted by molar-refractivity contribution is -0.115. The molecular formula is C20H21NO4. The lowest BCUT2D eigenvalue weighted by atomic mass is 9.94. The highest BCUT2D eigenvalue weighted by atomic mass is 16.6. The Hall–Kier alpha value is -2.53. The van der Waals surface area contributed by atoms with E-state index in [0.29, 0.717) is 6.42 Å². The van der Waals surface area contributed by atoms with Gasteiger partial charge in [0, 0.05) is 11.3 Å². The Morgan fingerprint density at radius 3 is 2.68 bits per heavy atom. The number of nitrogens with one attached hydrogen (secondary N) is 1. The van der Waals surface area contributed by atoms with Crippen molar-refractivity contribution in [3.63, 3.8) is 0 Å². The number of hydrogen-bond acceptors (Lipinski definition) is 4. The summed E-state index contributed by atoms with van der Waals surface area (Å²) in [4.78, 5) is 12.3. The number of benzene rings is 2. The fourth-order valence-electron chi connectivity index (χ4n) is 3.29. The van der Waals surface area contributed by atoms with Gasteiger partial charge in [0.2, 0.25) is 5.91 Å². The van der Waals surface area contributed by atoms with Gasteiger partial charge < -0.3 is 19.5 Å². The third-order valence-electron chi connectivity index (χ3n) is 4.67. The first-order chi connectivity index (χ1) is 12.0. The molecule has 2 aromatic carbocycles. The number of fused-ring (bicyclic) bond motifs is 3. The average Bonchev–Trinajstić information content (AvgIpc) is 3.38. The minimum Gasteiger partial charge on any atom is -0.497 e. The highest BCUT2D eigenvalue weighted by molar-refractivity contribution is 5.92. The van der Waals surface area contributed by atoms with Crippen molar-refractivity contribution in [1.29, 1.82) is 0 Å². The molecule has 0 bridgehead atoms. The van der Waals surface area contributed by atoms with Crippen LogP contribution >= 0.6 is 0 Å². The number of hydrogen-bond donors (Lipinski definition) is 1. The molecule has 0 radical (unpaired) electrons. The van der Waals surface area contributed by atoms with Gasteiger partial charge in [0.05, 0.1) is 13.5 Å². The van der Waals surface area contributed by atoms with Crippen LogP contribution in [0.15, 0.2) is 42.5 Å². The van der Waals surface area contributed by atoms with E-state index in [4.69, 9.17) is 14.2 Å². The first-order valence-corrected chi connectivity index (χ1v) is 8.37. The molecule has 2 unspecified atom stereocenters. The van der Waals surface area contributed by atoms with Crippen LogP contribution in [0.25, 0.3) is 0 Å². The smallest absolute Gasteiger partial charge is 0.228 e. The van der Waals surface area contributed by atoms with Gasteiger partial charge >= 0.3 is 0 Å². The Kier molecular flexibility index (Phi) is 3.69. The van der Waals surface area contributed by atoms with Crippen molar-refractivity contribution >= 4 is 11.6 Å². The molecule has 25 heavy (non-hydrogen) atoms. The van der Waals surface area contributed by atoms with Crippen LogP contribution in [0.4, 0.5) is 5.69 Å². The van der Waals surface area contributed by atoms with Gasteiger partial charge in [-0.2, -0.15) is 0 Å². The summed E-state index contributed by atoms with van der Waals surface area (Å²) in [5.41, 5.74) is 2.39. The van der Waals surface area contributed by atoms with E-state index in [-0.39, 0.29) is 23.7 Å². The van der Waals surface area contributed by atoms with Gasteiger partial charge in [-0.25, -0.2) is 0 Å². The third-order valence-corrected chi connectivity index (χ3v) is 4.67. The number of epoxide rings is 1. The van der Waals surface area contributed by atoms with E-state index in [1.807, 2.05) is 56.3 Å². The van der Waals surface area contributed by atoms with Crippen LogP contribution in [0.5, 0.6) is 11.5 Å². The molecule has 2 aromatic rings. The molecule has 0 aliphatic carbocycles. The summed E-state index contributed by atoms with van der Waals surface area (Å²) in [5, 5.41) is 2.95. The van der Waals surface area contributed by atoms with Gasteiger partial charge in [-0.15, -0.1) is 0 Å². The summed E-state index contributed by atoms with van der Waals surface area (Å²) >= 11 is 0. The Labute approximate surface area is 146 Å². The molecule has 1 saturated heterocycles. The van der Waals surface area contributed by atoms with Gasteiger partial charge in [0.1, 0.15) is 29.3 Å². The molecule has 0 spiro atoms. The van der Waals surface area contributed by atoms with Crippen LogP contribution in [-0.4, -0.2) is 24.7 Å². The second-order valence-electron chi connectivity index (χ2n) is 7.01. The Bertz CT molecular complexity index is 813. The number of carbonyl (C=O) groups is 1. The van der Waals surface area contributed by atoms with Crippen LogP contribution < -0.4 is 14.8 Å². The van der Waals surface area contributed by atoms with E-state index in [9.17, 15) is 4.79 Å². The number of methoxy groups -OCH3 is 1. The van der Waals surface area contributed by atoms with E-state index >= 15 is 0 Å². The summed E-state index contributed by atoms with van der Waals surface area (Å²) < 4.78 is 16.9. The lowest BCUT2D eigenvalue weighted by Crippen LogP contribution is -2.37. The van der Waals surface area contributed by atoms with Gasteiger partial charge in [-0.3, -0.25) is 4.79 Å². The summed E-state index contributed by atoms with van der Waals surface area (Å²) in [6.45, 7) is 4.07. The van der Waals surface area contributed by atoms with Crippen molar-refractivity contribution in [2.45, 2.75) is 38.1 Å². The Morgan fingerprint density at radius 2 is 1.96 bits per heavy atom. The number of rotatable bonds is 4. The first kappa shape index (κ1) is 16.0. The van der Waals surface area contributed by atoms with Crippen LogP contribution in [-0.2, 0) is 16.0 Å². The van der Waals surface area contributed by atoms with Crippen molar-refractivity contribution in [1.82, 2.24) is 0 Å². The summed E-state index contributed by atoms with van der Waals surface area (Å²) in [5.74, 6) is 1.55. The fourth-order valence-corrected chi connectivity index (χ4v) is 3.29. The number of amides is 1. The monoisotopic (exact) mass is 339 g/mol. The van der Waals surface area contributed by atoms with E-state index in [2.05, 4.69) is 5.32 Å². The minimum atomic E-state index is -0.309. The number of anilines is 1. The predicted octanol–water partition coefficient (Wildman–Crippen LogP) is 3.49. The van der Waals surface area contributed by atoms with Crippen molar-refractivity contribution < 1.29 is 19.0 Å². The van der Waals surface area contributed by atoms with Crippen LogP contribution in [0.2, 0.25) is 0 Å². The molecule has 1 amide bonds. The zero-order valence-corrected chi connectivity index (χ0v) is 14.5. The molecule has 2 aliphatic rings. The highest BCUT2D eigenvalue weighted by Gasteiger charge is 2.56. The first-order valence-electron chi connectivity index (χ1n) is 8.37. The van der Waals surface area contributed by atoms with Gasteiger partial charge in [-0.05, 0) is 49.7 Å². The normalized spacial score (nSPS) is 22.2. The molecule has 5 nitrogen and oxygen atoms in total. The maximum atomic E-state index is 12.3. The molecule has 1 N–H and O–H groups in total. The number of ether oxygens (including phenoxy) is 3. The molecule has 1 fully saturated rings. The van der Waals surface area contributed by atoms with E-state index in [1.54, 1.807) is 7.11 Å². The average molecular weight is 339 g/mol. The molecule has 5 heteroatoms. The van der Waals surface area contributed by atoms with Crippen molar-refractivity contribution in [3.8, 4) is 11.5 Å². The molecule has 2 atom stereocenters. The summed E-state index contributed by atoms with van der Waals surface area (Å²) in [6.07, 6.45) is 0.468. The molecule has 2 aliphatic heterocycles. The lowest BCUT2D eigenvalue weighted by Gasteiger charge is -2.29. The molecular weight excluding hydrogens is 318 g/mol. The predicted molar refractivity (Wildman–Crippen MR) is 94.1 cm³/mol. The third kappa shape index (κ3) is 3.07. The van der Waals surface area contributed by atoms with Crippen molar-refractivity contribution in [3.05, 3.63) is 53.6 Å². The maximum Gasteiger partial charge on any atom is 0.228 e. The standard InChI is InChI=1S/C20H21NO4/c1-20(2)19-18(24-19)15-11-13(6-9-16(15)25-20)21-17(22)10-12-4-7-14(23-3)8-5-12/h4-9,11,18-19H,10H2,1-3H3,(H,21,22). The van der Waals surface area contributed by atoms with Gasteiger partial charge in [-0.1, -0.05) is 12.1 Å². The number of carbonyl (C=O) groups excluding carboxylic acids is 1. The van der Waals surface area contributed by atoms with Crippen LogP contribution in [0.1, 0.15) is 31.1 Å². The highest BCUT2D eigenvalue weighted by Crippen LogP contribution is 2.54. The zero-order chi connectivity index (χ0) is 17.6. The molecule has 4 rings (SSSR count). The summed E-state index contributed by atoms with van der Waals surface area (Å²) in [7, 11) is 1.62. The van der Waals surface area contributed by atoms with E-state index in [1.165, 1.54) is 0 Å². The van der Waals surface area contributed by atoms with Crippen LogP contribution in [0.3, 0.4) is 0 Å². The van der Waals surface area contributed by atoms with Crippen LogP contribution in [0, 0.1) is 0 Å². The summed E-state index contributed by atoms with van der Waals surface area (Å²) in [6, 6.07) is 13.2. The van der Waals surface area contributed by atoms with E-state index < -0.39 is 0 Å². The second kappa shape index (κ2) is 5.77. The zero-order valence-electron chi connectivity index (χ0n) is 14.5. The second-order valence-corrected chi connectivity index (χ2v) is 7.01. The van der Waals surface area contributed by atoms with Gasteiger partial charge in [0.25, 0.3) is 0 Å². The Morgan fingerprint density at radius 1 is 1.20 bits per heavy atom. The fraction of sp³-hybridized carbons (Fsp3) is 0.350. The topological polar surface area (TPSA) is 60.1 Å². The van der Waals surface area contributed by atoms with E-state index in [0.717, 1.165) is 28.3 Å². The van der Waals surface area contributed by atoms with Crippen molar-refractivity contribution in [2.24, 2.45) is 0 Å². The quantitative estimate of drug-likeness (QED) is 0.866. The molecule has 0 saturated carbocycles. The maximum absolute atomic E-state index is 12.3. The SMILES string of the molecule is COc1ccc(CC(=O)Nc2ccc3c(c2)C2OC2C(C)(C)O3)cc1. The molecule has 0 aromatic heterocycles. The molecule has 130 valence electrons. The molecule has 2 heterocycles.